The molecule has 9 heteroatoms. The third kappa shape index (κ3) is 4.89. The quantitative estimate of drug-likeness (QED) is 0.344. The number of fused-ring (bicyclic) bond motifs is 3. The van der Waals surface area contributed by atoms with Gasteiger partial charge in [0.25, 0.3) is 0 Å². The topological polar surface area (TPSA) is 104 Å². The highest BCUT2D eigenvalue weighted by atomic mass is 19.3. The first-order valence-corrected chi connectivity index (χ1v) is 10.9. The maximum Gasteiger partial charge on any atom is 0.387 e. The molecule has 4 aromatic rings. The first-order valence-electron chi connectivity index (χ1n) is 10.9. The molecule has 0 saturated carbocycles. The standard InChI is InChI=1S/C26H24F2N2O5/c1-14(2)16-10-20-24(21(11-16)34-13-22(31)32)23-18(25(29)33)7-4-8-19(23)30(20)12-15-5-3-6-17(9-15)35-26(27)28/h3-11,14,26H,12-13H2,1-2H3,(H2,29,33)(H,31,32). The Morgan fingerprint density at radius 1 is 1.03 bits per heavy atom. The minimum absolute atomic E-state index is 0.0319. The van der Waals surface area contributed by atoms with E-state index >= 15 is 0 Å². The van der Waals surface area contributed by atoms with Crippen molar-refractivity contribution in [2.24, 2.45) is 5.73 Å². The molecule has 7 nitrogen and oxygen atoms in total. The number of amides is 1. The number of primary amides is 1. The smallest absolute Gasteiger partial charge is 0.387 e. The van der Waals surface area contributed by atoms with Gasteiger partial charge in [0, 0.05) is 17.5 Å². The van der Waals surface area contributed by atoms with Crippen molar-refractivity contribution in [2.45, 2.75) is 32.9 Å². The van der Waals surface area contributed by atoms with Crippen molar-refractivity contribution in [3.63, 3.8) is 0 Å². The predicted octanol–water partition coefficient (Wildman–Crippen LogP) is 5.13. The highest BCUT2D eigenvalue weighted by Gasteiger charge is 2.22. The van der Waals surface area contributed by atoms with Crippen molar-refractivity contribution in [1.82, 2.24) is 4.57 Å². The molecule has 0 saturated heterocycles. The average molecular weight is 482 g/mol. The Kier molecular flexibility index (Phi) is 6.59. The molecule has 3 N–H and O–H groups in total. The van der Waals surface area contributed by atoms with Gasteiger partial charge in [-0.2, -0.15) is 8.78 Å². The van der Waals surface area contributed by atoms with Crippen LogP contribution in [0.1, 0.15) is 41.3 Å². The Labute approximate surface area is 199 Å². The number of aromatic nitrogens is 1. The Hall–Kier alpha value is -4.14. The molecule has 0 fully saturated rings. The molecule has 0 radical (unpaired) electrons. The Balaban J connectivity index is 2.01. The number of nitrogens with two attached hydrogens (primary N) is 1. The fourth-order valence-corrected chi connectivity index (χ4v) is 4.21. The summed E-state index contributed by atoms with van der Waals surface area (Å²) >= 11 is 0. The van der Waals surface area contributed by atoms with Crippen LogP contribution in [0.5, 0.6) is 11.5 Å². The van der Waals surface area contributed by atoms with E-state index in [9.17, 15) is 23.5 Å². The minimum Gasteiger partial charge on any atom is -0.481 e. The van der Waals surface area contributed by atoms with Gasteiger partial charge in [-0.3, -0.25) is 4.79 Å². The summed E-state index contributed by atoms with van der Waals surface area (Å²) in [7, 11) is 0. The number of alkyl halides is 2. The second kappa shape index (κ2) is 9.61. The Morgan fingerprint density at radius 2 is 1.77 bits per heavy atom. The molecule has 0 aliphatic rings. The van der Waals surface area contributed by atoms with Crippen LogP contribution in [-0.2, 0) is 11.3 Å². The number of aliphatic carboxylic acids is 1. The highest BCUT2D eigenvalue weighted by Crippen LogP contribution is 2.40. The number of carbonyl (C=O) groups excluding carboxylic acids is 1. The van der Waals surface area contributed by atoms with E-state index in [1.54, 1.807) is 30.3 Å². The van der Waals surface area contributed by atoms with E-state index in [1.165, 1.54) is 12.1 Å². The van der Waals surface area contributed by atoms with Gasteiger partial charge in [-0.15, -0.1) is 0 Å². The van der Waals surface area contributed by atoms with Crippen molar-refractivity contribution in [3.8, 4) is 11.5 Å². The monoisotopic (exact) mass is 482 g/mol. The van der Waals surface area contributed by atoms with E-state index in [-0.39, 0.29) is 23.8 Å². The van der Waals surface area contributed by atoms with Gasteiger partial charge >= 0.3 is 12.6 Å². The second-order valence-electron chi connectivity index (χ2n) is 8.43. The molecule has 0 spiro atoms. The summed E-state index contributed by atoms with van der Waals surface area (Å²) in [6.45, 7) is 0.751. The van der Waals surface area contributed by atoms with Gasteiger partial charge < -0.3 is 24.9 Å². The molecule has 182 valence electrons. The fraction of sp³-hybridized carbons (Fsp3) is 0.231. The lowest BCUT2D eigenvalue weighted by molar-refractivity contribution is -0.139. The van der Waals surface area contributed by atoms with Crippen LogP contribution in [0.15, 0.2) is 54.6 Å². The number of carboxylic acids is 1. The number of carboxylic acid groups (broad SMARTS) is 1. The number of hydrogen-bond acceptors (Lipinski definition) is 4. The molecular weight excluding hydrogens is 458 g/mol. The van der Waals surface area contributed by atoms with Gasteiger partial charge in [0.1, 0.15) is 11.5 Å². The molecule has 0 unspecified atom stereocenters. The van der Waals surface area contributed by atoms with Crippen LogP contribution in [0.4, 0.5) is 8.78 Å². The summed E-state index contributed by atoms with van der Waals surface area (Å²) in [6, 6.07) is 15.2. The summed E-state index contributed by atoms with van der Waals surface area (Å²) < 4.78 is 37.6. The lowest BCUT2D eigenvalue weighted by Gasteiger charge is -2.14. The first-order chi connectivity index (χ1) is 16.7. The molecule has 3 aromatic carbocycles. The summed E-state index contributed by atoms with van der Waals surface area (Å²) in [5.74, 6) is -1.33. The third-order valence-corrected chi connectivity index (χ3v) is 5.73. The SMILES string of the molecule is CC(C)c1cc(OCC(=O)O)c2c3c(C(N)=O)cccc3n(Cc3cccc(OC(F)F)c3)c2c1. The van der Waals surface area contributed by atoms with Crippen molar-refractivity contribution in [1.29, 1.82) is 0 Å². The minimum atomic E-state index is -2.95. The van der Waals surface area contributed by atoms with Crippen LogP contribution in [0.25, 0.3) is 21.8 Å². The molecule has 0 atom stereocenters. The van der Waals surface area contributed by atoms with Crippen LogP contribution >= 0.6 is 0 Å². The van der Waals surface area contributed by atoms with Gasteiger partial charge in [-0.05, 0) is 53.4 Å². The van der Waals surface area contributed by atoms with E-state index in [2.05, 4.69) is 4.74 Å². The first kappa shape index (κ1) is 24.0. The average Bonchev–Trinajstić information content (AvgIpc) is 3.10. The number of hydrogen-bond donors (Lipinski definition) is 2. The Morgan fingerprint density at radius 3 is 2.43 bits per heavy atom. The maximum absolute atomic E-state index is 12.7. The van der Waals surface area contributed by atoms with Crippen molar-refractivity contribution in [2.75, 3.05) is 6.61 Å². The van der Waals surface area contributed by atoms with Gasteiger partial charge in [-0.25, -0.2) is 4.79 Å². The largest absolute Gasteiger partial charge is 0.481 e. The lowest BCUT2D eigenvalue weighted by Crippen LogP contribution is -2.12. The molecule has 1 heterocycles. The zero-order valence-electron chi connectivity index (χ0n) is 19.1. The fourth-order valence-electron chi connectivity index (χ4n) is 4.21. The van der Waals surface area contributed by atoms with E-state index < -0.39 is 25.1 Å². The van der Waals surface area contributed by atoms with Crippen LogP contribution in [-0.4, -0.2) is 34.8 Å². The summed E-state index contributed by atoms with van der Waals surface area (Å²) in [4.78, 5) is 23.6. The molecule has 4 rings (SSSR count). The number of ether oxygens (including phenoxy) is 2. The van der Waals surface area contributed by atoms with Gasteiger partial charge in [0.2, 0.25) is 5.91 Å². The number of benzene rings is 3. The van der Waals surface area contributed by atoms with Crippen LogP contribution < -0.4 is 15.2 Å². The number of nitrogens with zero attached hydrogens (tertiary/aromatic N) is 1. The van der Waals surface area contributed by atoms with E-state index in [0.29, 0.717) is 33.1 Å². The van der Waals surface area contributed by atoms with E-state index in [4.69, 9.17) is 10.5 Å². The third-order valence-electron chi connectivity index (χ3n) is 5.73. The van der Waals surface area contributed by atoms with Crippen LogP contribution in [0, 0.1) is 0 Å². The molecule has 0 bridgehead atoms. The number of halogens is 2. The predicted molar refractivity (Wildman–Crippen MR) is 127 cm³/mol. The highest BCUT2D eigenvalue weighted by molar-refractivity contribution is 6.20. The van der Waals surface area contributed by atoms with Gasteiger partial charge in [0.05, 0.1) is 16.4 Å². The van der Waals surface area contributed by atoms with E-state index in [0.717, 1.165) is 5.56 Å². The van der Waals surface area contributed by atoms with Gasteiger partial charge in [0.15, 0.2) is 6.61 Å². The molecule has 0 aliphatic carbocycles. The van der Waals surface area contributed by atoms with Crippen LogP contribution in [0.2, 0.25) is 0 Å². The zero-order chi connectivity index (χ0) is 25.3. The summed E-state index contributed by atoms with van der Waals surface area (Å²) in [6.07, 6.45) is 0. The summed E-state index contributed by atoms with van der Waals surface area (Å²) in [5.41, 5.74) is 8.89. The zero-order valence-corrected chi connectivity index (χ0v) is 19.1. The number of rotatable bonds is 9. The van der Waals surface area contributed by atoms with Crippen molar-refractivity contribution < 1.29 is 33.0 Å². The molecule has 35 heavy (non-hydrogen) atoms. The number of carbonyl (C=O) groups is 2. The lowest BCUT2D eigenvalue weighted by atomic mass is 9.99. The van der Waals surface area contributed by atoms with Crippen molar-refractivity contribution in [3.05, 3.63) is 71.3 Å². The summed E-state index contributed by atoms with van der Waals surface area (Å²) in [5, 5.41) is 10.3. The molecule has 1 amide bonds. The molecular formula is C26H24F2N2O5. The van der Waals surface area contributed by atoms with E-state index in [1.807, 2.05) is 30.5 Å². The maximum atomic E-state index is 12.7. The van der Waals surface area contributed by atoms with Crippen molar-refractivity contribution >= 4 is 33.7 Å². The Bertz CT molecular complexity index is 1430. The molecule has 0 aliphatic heterocycles. The normalized spacial score (nSPS) is 11.5. The second-order valence-corrected chi connectivity index (χ2v) is 8.43. The molecule has 1 aromatic heterocycles. The van der Waals surface area contributed by atoms with Crippen LogP contribution in [0.3, 0.4) is 0 Å². The van der Waals surface area contributed by atoms with Gasteiger partial charge in [-0.1, -0.05) is 32.0 Å².